The second-order valence-electron chi connectivity index (χ2n) is 5.61. The van der Waals surface area contributed by atoms with Crippen LogP contribution in [0.2, 0.25) is 0 Å². The van der Waals surface area contributed by atoms with Crippen molar-refractivity contribution in [2.45, 2.75) is 19.4 Å². The molecule has 0 radical (unpaired) electrons. The summed E-state index contributed by atoms with van der Waals surface area (Å²) in [6.07, 6.45) is 0.572. The van der Waals surface area contributed by atoms with Crippen LogP contribution >= 0.6 is 0 Å². The number of amides is 2. The van der Waals surface area contributed by atoms with E-state index in [1.54, 1.807) is 24.9 Å². The van der Waals surface area contributed by atoms with Crippen LogP contribution < -0.4 is 15.5 Å². The molecule has 1 saturated heterocycles. The minimum Gasteiger partial charge on any atom is -0.357 e. The fourth-order valence-electron chi connectivity index (χ4n) is 2.71. The quantitative estimate of drug-likeness (QED) is 0.886. The van der Waals surface area contributed by atoms with Crippen molar-refractivity contribution < 1.29 is 9.59 Å². The highest BCUT2D eigenvalue weighted by Crippen LogP contribution is 2.21. The molecule has 3 rings (SSSR count). The molecule has 1 atom stereocenters. The number of aromatic nitrogens is 2. The molecule has 0 bridgehead atoms. The number of hydrogen-bond acceptors (Lipinski definition) is 5. The van der Waals surface area contributed by atoms with Crippen LogP contribution in [0.1, 0.15) is 22.6 Å². The fraction of sp³-hybridized carbons (Fsp3) is 0.294. The predicted octanol–water partition coefficient (Wildman–Crippen LogP) is 1.36. The maximum absolute atomic E-state index is 12.5. The van der Waals surface area contributed by atoms with Gasteiger partial charge in [0.2, 0.25) is 11.9 Å². The van der Waals surface area contributed by atoms with Crippen LogP contribution in [0.5, 0.6) is 0 Å². The van der Waals surface area contributed by atoms with E-state index in [0.29, 0.717) is 24.6 Å². The molecular formula is C17H19N5O2. The Balaban J connectivity index is 1.72. The number of nitrogens with one attached hydrogen (secondary N) is 2. The summed E-state index contributed by atoms with van der Waals surface area (Å²) in [4.78, 5) is 34.9. The third kappa shape index (κ3) is 3.19. The Morgan fingerprint density at radius 2 is 2.00 bits per heavy atom. The lowest BCUT2D eigenvalue weighted by molar-refractivity contribution is -0.118. The number of anilines is 2. The van der Waals surface area contributed by atoms with Gasteiger partial charge < -0.3 is 15.5 Å². The summed E-state index contributed by atoms with van der Waals surface area (Å²) in [5, 5.41) is 5.59. The summed E-state index contributed by atoms with van der Waals surface area (Å²) < 4.78 is 0. The van der Waals surface area contributed by atoms with Gasteiger partial charge in [-0.15, -0.1) is 0 Å². The maximum Gasteiger partial charge on any atom is 0.270 e. The highest BCUT2D eigenvalue weighted by molar-refractivity contribution is 6.03. The van der Waals surface area contributed by atoms with Gasteiger partial charge >= 0.3 is 0 Å². The van der Waals surface area contributed by atoms with Gasteiger partial charge in [-0.1, -0.05) is 18.2 Å². The number of benzene rings is 1. The lowest BCUT2D eigenvalue weighted by Crippen LogP contribution is -2.41. The van der Waals surface area contributed by atoms with E-state index in [0.717, 1.165) is 5.69 Å². The van der Waals surface area contributed by atoms with Crippen molar-refractivity contribution in [1.29, 1.82) is 0 Å². The van der Waals surface area contributed by atoms with Crippen LogP contribution in [0.3, 0.4) is 0 Å². The standard InChI is InChI=1S/C17H19N5O2/c1-11-10-14(21-17(18-2)19-11)15(23)20-13-8-9-22(16(13)24)12-6-4-3-5-7-12/h3-7,10,13H,8-9H2,1-2H3,(H,20,23)(H,18,19,21)/t13-/m1/s1. The SMILES string of the molecule is CNc1nc(C)cc(C(=O)N[C@@H]2CCN(c3ccccc3)C2=O)n1. The Morgan fingerprint density at radius 3 is 2.71 bits per heavy atom. The Morgan fingerprint density at radius 1 is 1.25 bits per heavy atom. The fourth-order valence-corrected chi connectivity index (χ4v) is 2.71. The Hall–Kier alpha value is -2.96. The van der Waals surface area contributed by atoms with Gasteiger partial charge in [-0.2, -0.15) is 0 Å². The van der Waals surface area contributed by atoms with Crippen LogP contribution in [0.25, 0.3) is 0 Å². The van der Waals surface area contributed by atoms with Gasteiger partial charge in [-0.3, -0.25) is 9.59 Å². The third-order valence-electron chi connectivity index (χ3n) is 3.89. The lowest BCUT2D eigenvalue weighted by Gasteiger charge is -2.17. The summed E-state index contributed by atoms with van der Waals surface area (Å²) in [5.74, 6) is -0.0942. The van der Waals surface area contributed by atoms with Gasteiger partial charge in [0.05, 0.1) is 0 Å². The van der Waals surface area contributed by atoms with Crippen molar-refractivity contribution in [3.63, 3.8) is 0 Å². The molecule has 2 heterocycles. The molecule has 1 aromatic heterocycles. The summed E-state index contributed by atoms with van der Waals surface area (Å²) in [5.41, 5.74) is 1.77. The van der Waals surface area contributed by atoms with Gasteiger partial charge in [-0.05, 0) is 31.5 Å². The average Bonchev–Trinajstić information content (AvgIpc) is 2.95. The molecular weight excluding hydrogens is 306 g/mol. The highest BCUT2D eigenvalue weighted by atomic mass is 16.2. The topological polar surface area (TPSA) is 87.2 Å². The number of nitrogens with zero attached hydrogens (tertiary/aromatic N) is 3. The zero-order valence-corrected chi connectivity index (χ0v) is 13.6. The predicted molar refractivity (Wildman–Crippen MR) is 91.0 cm³/mol. The van der Waals surface area contributed by atoms with Crippen LogP contribution in [-0.2, 0) is 4.79 Å². The third-order valence-corrected chi connectivity index (χ3v) is 3.89. The molecule has 2 amide bonds. The van der Waals surface area contributed by atoms with E-state index in [1.807, 2.05) is 30.3 Å². The van der Waals surface area contributed by atoms with Crippen molar-refractivity contribution in [3.05, 3.63) is 47.8 Å². The van der Waals surface area contributed by atoms with E-state index in [2.05, 4.69) is 20.6 Å². The van der Waals surface area contributed by atoms with E-state index < -0.39 is 6.04 Å². The molecule has 7 heteroatoms. The smallest absolute Gasteiger partial charge is 0.270 e. The lowest BCUT2D eigenvalue weighted by atomic mass is 10.2. The molecule has 124 valence electrons. The number of para-hydroxylation sites is 1. The molecule has 0 spiro atoms. The molecule has 2 N–H and O–H groups in total. The van der Waals surface area contributed by atoms with E-state index in [1.165, 1.54) is 0 Å². The van der Waals surface area contributed by atoms with E-state index in [4.69, 9.17) is 0 Å². The molecule has 7 nitrogen and oxygen atoms in total. The molecule has 24 heavy (non-hydrogen) atoms. The largest absolute Gasteiger partial charge is 0.357 e. The van der Waals surface area contributed by atoms with E-state index >= 15 is 0 Å². The second-order valence-corrected chi connectivity index (χ2v) is 5.61. The van der Waals surface area contributed by atoms with Crippen molar-refractivity contribution >= 4 is 23.5 Å². The van der Waals surface area contributed by atoms with Crippen molar-refractivity contribution in [3.8, 4) is 0 Å². The van der Waals surface area contributed by atoms with Crippen LogP contribution in [-0.4, -0.2) is 41.4 Å². The minimum atomic E-state index is -0.536. The van der Waals surface area contributed by atoms with Crippen LogP contribution in [0.15, 0.2) is 36.4 Å². The van der Waals surface area contributed by atoms with Gasteiger partial charge in [0.1, 0.15) is 11.7 Å². The molecule has 1 aliphatic rings. The Kier molecular flexibility index (Phi) is 4.41. The highest BCUT2D eigenvalue weighted by Gasteiger charge is 2.33. The zero-order valence-electron chi connectivity index (χ0n) is 13.6. The van der Waals surface area contributed by atoms with Crippen LogP contribution in [0.4, 0.5) is 11.6 Å². The Labute approximate surface area is 140 Å². The second kappa shape index (κ2) is 6.66. The van der Waals surface area contributed by atoms with E-state index in [9.17, 15) is 9.59 Å². The average molecular weight is 325 g/mol. The number of rotatable bonds is 4. The van der Waals surface area contributed by atoms with Crippen LogP contribution in [0, 0.1) is 6.92 Å². The first kappa shape index (κ1) is 15.9. The summed E-state index contributed by atoms with van der Waals surface area (Å²) in [7, 11) is 1.69. The number of carbonyl (C=O) groups excluding carboxylic acids is 2. The van der Waals surface area contributed by atoms with Gasteiger partial charge in [0.15, 0.2) is 0 Å². The van der Waals surface area contributed by atoms with Gasteiger partial charge in [-0.25, -0.2) is 9.97 Å². The number of aryl methyl sites for hydroxylation is 1. The molecule has 0 unspecified atom stereocenters. The zero-order chi connectivity index (χ0) is 17.1. The summed E-state index contributed by atoms with van der Waals surface area (Å²) in [6, 6.07) is 10.5. The van der Waals surface area contributed by atoms with Crippen molar-refractivity contribution in [1.82, 2.24) is 15.3 Å². The first-order valence-electron chi connectivity index (χ1n) is 7.79. The normalized spacial score (nSPS) is 17.0. The number of hydrogen-bond donors (Lipinski definition) is 2. The van der Waals surface area contributed by atoms with Gasteiger partial charge in [0, 0.05) is 25.0 Å². The maximum atomic E-state index is 12.5. The minimum absolute atomic E-state index is 0.103. The molecule has 0 aliphatic carbocycles. The van der Waals surface area contributed by atoms with Crippen molar-refractivity contribution in [2.75, 3.05) is 23.8 Å². The monoisotopic (exact) mass is 325 g/mol. The molecule has 0 saturated carbocycles. The summed E-state index contributed by atoms with van der Waals surface area (Å²) >= 11 is 0. The first-order chi connectivity index (χ1) is 11.6. The van der Waals surface area contributed by atoms with Gasteiger partial charge in [0.25, 0.3) is 5.91 Å². The molecule has 2 aromatic rings. The van der Waals surface area contributed by atoms with Crippen molar-refractivity contribution in [2.24, 2.45) is 0 Å². The number of carbonyl (C=O) groups is 2. The van der Waals surface area contributed by atoms with E-state index in [-0.39, 0.29) is 17.5 Å². The molecule has 1 aliphatic heterocycles. The first-order valence-corrected chi connectivity index (χ1v) is 7.79. The Bertz CT molecular complexity index is 763. The summed E-state index contributed by atoms with van der Waals surface area (Å²) in [6.45, 7) is 2.37. The molecule has 1 fully saturated rings. The molecule has 1 aromatic carbocycles.